The molecule has 0 saturated carbocycles. The van der Waals surface area contributed by atoms with Gasteiger partial charge in [-0.1, -0.05) is 24.6 Å². The smallest absolute Gasteiger partial charge is 0.124 e. The van der Waals surface area contributed by atoms with E-state index in [9.17, 15) is 0 Å². The minimum Gasteiger partial charge on any atom is -0.496 e. The molecule has 4 nitrogen and oxygen atoms in total. The molecular formula is C14H19N3O. The molecule has 18 heavy (non-hydrogen) atoms. The highest BCUT2D eigenvalue weighted by Crippen LogP contribution is 2.30. The van der Waals surface area contributed by atoms with Gasteiger partial charge < -0.3 is 10.1 Å². The van der Waals surface area contributed by atoms with E-state index in [1.165, 1.54) is 5.56 Å². The Balaban J connectivity index is 2.45. The molecule has 0 fully saturated rings. The number of H-pyrrole nitrogens is 1. The Morgan fingerprint density at radius 2 is 2.28 bits per heavy atom. The highest BCUT2D eigenvalue weighted by atomic mass is 16.5. The van der Waals surface area contributed by atoms with Gasteiger partial charge in [-0.05, 0) is 19.5 Å². The number of aromatic amines is 1. The first kappa shape index (κ1) is 12.6. The van der Waals surface area contributed by atoms with Crippen LogP contribution in [0.4, 0.5) is 0 Å². The number of nitrogens with zero attached hydrogens (tertiary/aromatic N) is 1. The summed E-state index contributed by atoms with van der Waals surface area (Å²) in [5, 5.41) is 10.3. The average Bonchev–Trinajstić information content (AvgIpc) is 2.89. The maximum absolute atomic E-state index is 5.46. The number of hydrogen-bond acceptors (Lipinski definition) is 3. The van der Waals surface area contributed by atoms with E-state index in [4.69, 9.17) is 4.74 Å². The summed E-state index contributed by atoms with van der Waals surface area (Å²) in [4.78, 5) is 0. The molecule has 0 amide bonds. The molecule has 0 aliphatic carbocycles. The van der Waals surface area contributed by atoms with Gasteiger partial charge in [0.25, 0.3) is 0 Å². The predicted molar refractivity (Wildman–Crippen MR) is 71.8 cm³/mol. The standard InChI is InChI=1S/C14H19N3O/c1-4-15-14(11-8-16-17-9-11)12-7-10(2)5-6-13(12)18-3/h5-9,14-15H,4H2,1-3H3,(H,16,17). The first-order valence-electron chi connectivity index (χ1n) is 6.12. The SMILES string of the molecule is CCNC(c1cn[nH]c1)c1cc(C)ccc1OC. The van der Waals surface area contributed by atoms with Crippen LogP contribution in [0.1, 0.15) is 29.7 Å². The molecular weight excluding hydrogens is 226 g/mol. The highest BCUT2D eigenvalue weighted by Gasteiger charge is 2.18. The van der Waals surface area contributed by atoms with Crippen molar-refractivity contribution in [3.63, 3.8) is 0 Å². The van der Waals surface area contributed by atoms with Gasteiger partial charge in [-0.15, -0.1) is 0 Å². The Morgan fingerprint density at radius 1 is 1.44 bits per heavy atom. The second-order valence-electron chi connectivity index (χ2n) is 4.27. The van der Waals surface area contributed by atoms with Crippen LogP contribution in [0.25, 0.3) is 0 Å². The largest absolute Gasteiger partial charge is 0.496 e. The number of ether oxygens (including phenoxy) is 1. The fraction of sp³-hybridized carbons (Fsp3) is 0.357. The van der Waals surface area contributed by atoms with Crippen molar-refractivity contribution in [1.82, 2.24) is 15.5 Å². The molecule has 1 aromatic heterocycles. The third kappa shape index (κ3) is 2.54. The molecule has 2 rings (SSSR count). The summed E-state index contributed by atoms with van der Waals surface area (Å²) in [5.74, 6) is 0.896. The van der Waals surface area contributed by atoms with Gasteiger partial charge in [0.15, 0.2) is 0 Å². The zero-order valence-corrected chi connectivity index (χ0v) is 11.0. The van der Waals surface area contributed by atoms with Crippen LogP contribution < -0.4 is 10.1 Å². The maximum Gasteiger partial charge on any atom is 0.124 e. The van der Waals surface area contributed by atoms with E-state index < -0.39 is 0 Å². The molecule has 1 unspecified atom stereocenters. The normalized spacial score (nSPS) is 12.4. The zero-order chi connectivity index (χ0) is 13.0. The fourth-order valence-electron chi connectivity index (χ4n) is 2.11. The van der Waals surface area contributed by atoms with Gasteiger partial charge in [0.1, 0.15) is 5.75 Å². The Hall–Kier alpha value is -1.81. The quantitative estimate of drug-likeness (QED) is 0.850. The summed E-state index contributed by atoms with van der Waals surface area (Å²) in [6, 6.07) is 6.32. The Labute approximate surface area is 107 Å². The molecule has 0 radical (unpaired) electrons. The summed E-state index contributed by atoms with van der Waals surface area (Å²) >= 11 is 0. The van der Waals surface area contributed by atoms with Gasteiger partial charge in [0, 0.05) is 17.3 Å². The van der Waals surface area contributed by atoms with Crippen molar-refractivity contribution in [2.24, 2.45) is 0 Å². The molecule has 0 spiro atoms. The molecule has 4 heteroatoms. The monoisotopic (exact) mass is 245 g/mol. The van der Waals surface area contributed by atoms with E-state index in [1.54, 1.807) is 7.11 Å². The molecule has 96 valence electrons. The van der Waals surface area contributed by atoms with Gasteiger partial charge in [-0.3, -0.25) is 5.10 Å². The predicted octanol–water partition coefficient (Wildman–Crippen LogP) is 2.43. The Morgan fingerprint density at radius 3 is 2.89 bits per heavy atom. The maximum atomic E-state index is 5.46. The molecule has 0 saturated heterocycles. The van der Waals surface area contributed by atoms with Crippen LogP contribution in [0.2, 0.25) is 0 Å². The lowest BCUT2D eigenvalue weighted by Gasteiger charge is -2.20. The summed E-state index contributed by atoms with van der Waals surface area (Å²) in [7, 11) is 1.70. The van der Waals surface area contributed by atoms with Crippen LogP contribution in [0.5, 0.6) is 5.75 Å². The fourth-order valence-corrected chi connectivity index (χ4v) is 2.11. The van der Waals surface area contributed by atoms with Gasteiger partial charge in [-0.25, -0.2) is 0 Å². The zero-order valence-electron chi connectivity index (χ0n) is 11.0. The summed E-state index contributed by atoms with van der Waals surface area (Å²) in [6.07, 6.45) is 3.75. The van der Waals surface area contributed by atoms with Crippen LogP contribution >= 0.6 is 0 Å². The number of benzene rings is 1. The third-order valence-electron chi connectivity index (χ3n) is 2.96. The minimum atomic E-state index is 0.101. The molecule has 0 bridgehead atoms. The van der Waals surface area contributed by atoms with Crippen molar-refractivity contribution in [3.05, 3.63) is 47.3 Å². The van der Waals surface area contributed by atoms with Crippen molar-refractivity contribution in [2.45, 2.75) is 19.9 Å². The Kier molecular flexibility index (Phi) is 3.99. The van der Waals surface area contributed by atoms with Crippen LogP contribution in [0.3, 0.4) is 0 Å². The first-order chi connectivity index (χ1) is 8.76. The van der Waals surface area contributed by atoms with Crippen molar-refractivity contribution < 1.29 is 4.74 Å². The van der Waals surface area contributed by atoms with Gasteiger partial charge in [-0.2, -0.15) is 5.10 Å². The van der Waals surface area contributed by atoms with E-state index in [1.807, 2.05) is 18.5 Å². The lowest BCUT2D eigenvalue weighted by Crippen LogP contribution is -2.22. The lowest BCUT2D eigenvalue weighted by molar-refractivity contribution is 0.404. The van der Waals surface area contributed by atoms with Gasteiger partial charge >= 0.3 is 0 Å². The number of aryl methyl sites for hydroxylation is 1. The molecule has 1 atom stereocenters. The van der Waals surface area contributed by atoms with Crippen molar-refractivity contribution in [2.75, 3.05) is 13.7 Å². The van der Waals surface area contributed by atoms with E-state index in [2.05, 4.69) is 41.5 Å². The van der Waals surface area contributed by atoms with Crippen LogP contribution in [0, 0.1) is 6.92 Å². The lowest BCUT2D eigenvalue weighted by atomic mass is 9.98. The third-order valence-corrected chi connectivity index (χ3v) is 2.96. The van der Waals surface area contributed by atoms with Crippen LogP contribution in [-0.2, 0) is 0 Å². The van der Waals surface area contributed by atoms with E-state index in [0.29, 0.717) is 0 Å². The van der Waals surface area contributed by atoms with Crippen LogP contribution in [0.15, 0.2) is 30.6 Å². The first-order valence-corrected chi connectivity index (χ1v) is 6.12. The Bertz CT molecular complexity index is 494. The minimum absolute atomic E-state index is 0.101. The molecule has 0 aliphatic heterocycles. The number of rotatable bonds is 5. The van der Waals surface area contributed by atoms with Crippen molar-refractivity contribution in [1.29, 1.82) is 0 Å². The molecule has 2 aromatic rings. The second-order valence-corrected chi connectivity index (χ2v) is 4.27. The number of nitrogens with one attached hydrogen (secondary N) is 2. The van der Waals surface area contributed by atoms with Crippen LogP contribution in [-0.4, -0.2) is 23.9 Å². The number of methoxy groups -OCH3 is 1. The number of aromatic nitrogens is 2. The average molecular weight is 245 g/mol. The molecule has 0 aliphatic rings. The molecule has 1 heterocycles. The van der Waals surface area contributed by atoms with E-state index in [0.717, 1.165) is 23.4 Å². The summed E-state index contributed by atoms with van der Waals surface area (Å²) in [6.45, 7) is 5.06. The molecule has 2 N–H and O–H groups in total. The van der Waals surface area contributed by atoms with Crippen molar-refractivity contribution >= 4 is 0 Å². The van der Waals surface area contributed by atoms with E-state index in [-0.39, 0.29) is 6.04 Å². The molecule has 1 aromatic carbocycles. The van der Waals surface area contributed by atoms with Crippen molar-refractivity contribution in [3.8, 4) is 5.75 Å². The summed E-state index contributed by atoms with van der Waals surface area (Å²) in [5.41, 5.74) is 3.47. The highest BCUT2D eigenvalue weighted by molar-refractivity contribution is 5.43. The van der Waals surface area contributed by atoms with E-state index >= 15 is 0 Å². The summed E-state index contributed by atoms with van der Waals surface area (Å²) < 4.78 is 5.46. The van der Waals surface area contributed by atoms with Gasteiger partial charge in [0.2, 0.25) is 0 Å². The second kappa shape index (κ2) is 5.69. The number of hydrogen-bond donors (Lipinski definition) is 2. The van der Waals surface area contributed by atoms with Gasteiger partial charge in [0.05, 0.1) is 19.3 Å². The topological polar surface area (TPSA) is 49.9 Å².